The smallest absolute Gasteiger partial charge is 0.410 e. The third kappa shape index (κ3) is 6.02. The van der Waals surface area contributed by atoms with Gasteiger partial charge >= 0.3 is 6.09 Å². The third-order valence-electron chi connectivity index (χ3n) is 7.35. The number of nitrogen functional groups attached to an aromatic ring is 1. The van der Waals surface area contributed by atoms with Gasteiger partial charge in [-0.3, -0.25) is 0 Å². The van der Waals surface area contributed by atoms with Crippen LogP contribution in [0.4, 0.5) is 15.0 Å². The monoisotopic (exact) mass is 552 g/mol. The van der Waals surface area contributed by atoms with E-state index < -0.39 is 11.5 Å². The molecular formula is C30H34ClFN4O3. The summed E-state index contributed by atoms with van der Waals surface area (Å²) in [5, 5.41) is 0.288. The molecule has 7 nitrogen and oxygen atoms in total. The molecule has 1 aromatic carbocycles. The van der Waals surface area contributed by atoms with Crippen molar-refractivity contribution in [1.82, 2.24) is 14.9 Å². The Morgan fingerprint density at radius 2 is 1.82 bits per heavy atom. The number of hydrogen-bond acceptors (Lipinski definition) is 6. The van der Waals surface area contributed by atoms with Crippen LogP contribution >= 0.6 is 11.6 Å². The summed E-state index contributed by atoms with van der Waals surface area (Å²) < 4.78 is 25.4. The van der Waals surface area contributed by atoms with Crippen LogP contribution < -0.4 is 5.73 Å². The zero-order valence-electron chi connectivity index (χ0n) is 22.5. The lowest BCUT2D eigenvalue weighted by Crippen LogP contribution is -2.36. The molecule has 5 rings (SSSR count). The average Bonchev–Trinajstić information content (AvgIpc) is 3.40. The van der Waals surface area contributed by atoms with Crippen LogP contribution in [0.25, 0.3) is 22.3 Å². The number of nitrogens with two attached hydrogens (primary N) is 1. The number of carbonyl (C=O) groups is 1. The number of anilines is 1. The van der Waals surface area contributed by atoms with Crippen molar-refractivity contribution in [3.05, 3.63) is 64.8 Å². The Kier molecular flexibility index (Phi) is 7.78. The summed E-state index contributed by atoms with van der Waals surface area (Å²) in [6, 6.07) is 9.44. The normalized spacial score (nSPS) is 18.4. The van der Waals surface area contributed by atoms with E-state index in [0.29, 0.717) is 23.6 Å². The predicted molar refractivity (Wildman–Crippen MR) is 150 cm³/mol. The van der Waals surface area contributed by atoms with Crippen molar-refractivity contribution >= 4 is 23.5 Å². The minimum Gasteiger partial charge on any atom is -0.444 e. The molecule has 0 saturated carbocycles. The second-order valence-electron chi connectivity index (χ2n) is 11.2. The van der Waals surface area contributed by atoms with Gasteiger partial charge in [0.1, 0.15) is 11.4 Å². The number of hydrogen-bond donors (Lipinski definition) is 1. The molecule has 1 amide bonds. The first-order valence-corrected chi connectivity index (χ1v) is 13.8. The van der Waals surface area contributed by atoms with Crippen molar-refractivity contribution in [3.8, 4) is 22.3 Å². The lowest BCUT2D eigenvalue weighted by Gasteiger charge is -2.32. The van der Waals surface area contributed by atoms with Crippen molar-refractivity contribution in [2.45, 2.75) is 64.0 Å². The summed E-state index contributed by atoms with van der Waals surface area (Å²) in [6.07, 6.45) is 6.31. The van der Waals surface area contributed by atoms with Crippen LogP contribution in [0.2, 0.25) is 5.02 Å². The molecule has 0 aliphatic carbocycles. The zero-order chi connectivity index (χ0) is 27.7. The van der Waals surface area contributed by atoms with Gasteiger partial charge in [0.05, 0.1) is 11.1 Å². The highest BCUT2D eigenvalue weighted by Gasteiger charge is 2.35. The highest BCUT2D eigenvalue weighted by molar-refractivity contribution is 6.33. The zero-order valence-corrected chi connectivity index (χ0v) is 23.3. The fourth-order valence-electron chi connectivity index (χ4n) is 5.52. The van der Waals surface area contributed by atoms with Crippen molar-refractivity contribution < 1.29 is 18.7 Å². The molecule has 1 atom stereocenters. The molecule has 0 unspecified atom stereocenters. The number of aromatic nitrogens is 2. The summed E-state index contributed by atoms with van der Waals surface area (Å²) in [6.45, 7) is 7.75. The van der Waals surface area contributed by atoms with Gasteiger partial charge in [-0.05, 0) is 81.2 Å². The predicted octanol–water partition coefficient (Wildman–Crippen LogP) is 7.15. The van der Waals surface area contributed by atoms with Gasteiger partial charge in [-0.15, -0.1) is 0 Å². The maximum atomic E-state index is 14.0. The van der Waals surface area contributed by atoms with Crippen LogP contribution in [-0.2, 0) is 9.47 Å². The fourth-order valence-corrected chi connectivity index (χ4v) is 5.73. The number of ether oxygens (including phenoxy) is 2. The first-order chi connectivity index (χ1) is 18.6. The summed E-state index contributed by atoms with van der Waals surface area (Å²) in [7, 11) is 0. The van der Waals surface area contributed by atoms with E-state index in [1.807, 2.05) is 31.7 Å². The number of nitrogens with zero attached hydrogens (tertiary/aromatic N) is 3. The molecule has 2 aliphatic heterocycles. The number of amides is 1. The molecule has 2 saturated heterocycles. The Labute approximate surface area is 233 Å². The number of benzene rings is 1. The van der Waals surface area contributed by atoms with Crippen LogP contribution in [0.3, 0.4) is 0 Å². The second-order valence-corrected chi connectivity index (χ2v) is 11.6. The molecule has 39 heavy (non-hydrogen) atoms. The maximum Gasteiger partial charge on any atom is 0.410 e. The summed E-state index contributed by atoms with van der Waals surface area (Å²) >= 11 is 6.34. The van der Waals surface area contributed by atoms with Gasteiger partial charge in [0, 0.05) is 54.9 Å². The molecule has 2 aliphatic rings. The molecule has 0 bridgehead atoms. The van der Waals surface area contributed by atoms with E-state index in [4.69, 9.17) is 26.8 Å². The van der Waals surface area contributed by atoms with Gasteiger partial charge < -0.3 is 20.1 Å². The summed E-state index contributed by atoms with van der Waals surface area (Å²) in [5.74, 6) is -0.0504. The Balaban J connectivity index is 1.58. The molecule has 2 N–H and O–H groups in total. The number of rotatable bonds is 4. The van der Waals surface area contributed by atoms with Gasteiger partial charge in [0.15, 0.2) is 0 Å². The topological polar surface area (TPSA) is 90.6 Å². The highest BCUT2D eigenvalue weighted by Crippen LogP contribution is 2.42. The number of likely N-dealkylation sites (tertiary alicyclic amines) is 1. The number of halogens is 2. The van der Waals surface area contributed by atoms with E-state index in [2.05, 4.69) is 28.2 Å². The van der Waals surface area contributed by atoms with Crippen LogP contribution in [-0.4, -0.2) is 46.3 Å². The van der Waals surface area contributed by atoms with Crippen LogP contribution in [0.15, 0.2) is 42.7 Å². The SMILES string of the molecule is CC(C)(C)OC(=O)N1CCC[C@H]1c1cc(-c2cnc(N)c(-c3cc(F)ncc3Cl)c2)ccc1C1CCOCC1. The second kappa shape index (κ2) is 11.1. The molecule has 2 fully saturated rings. The molecule has 4 heterocycles. The Morgan fingerprint density at radius 3 is 2.56 bits per heavy atom. The standard InChI is InChI=1S/C30H34ClFN4O3/c1-30(2,3)39-29(37)36-10-4-5-26(36)23-13-19(6-7-21(23)18-8-11-38-12-9-18)20-14-24(28(33)35-16-20)22-15-27(32)34-17-25(22)31/h6-7,13-18,26H,4-5,8-12H2,1-3H3,(H2,33,35)/t26-/m0/s1. The largest absolute Gasteiger partial charge is 0.444 e. The molecular weight excluding hydrogens is 519 g/mol. The molecule has 0 spiro atoms. The first kappa shape index (κ1) is 27.3. The van der Waals surface area contributed by atoms with Crippen LogP contribution in [0.1, 0.15) is 69.5 Å². The van der Waals surface area contributed by atoms with Gasteiger partial charge in [-0.25, -0.2) is 14.8 Å². The quantitative estimate of drug-likeness (QED) is 0.346. The van der Waals surface area contributed by atoms with E-state index in [1.165, 1.54) is 17.8 Å². The van der Waals surface area contributed by atoms with Crippen molar-refractivity contribution in [1.29, 1.82) is 0 Å². The molecule has 2 aromatic heterocycles. The molecule has 3 aromatic rings. The summed E-state index contributed by atoms with van der Waals surface area (Å²) in [4.78, 5) is 23.1. The molecule has 206 valence electrons. The first-order valence-electron chi connectivity index (χ1n) is 13.4. The van der Waals surface area contributed by atoms with Gasteiger partial charge in [-0.2, -0.15) is 4.39 Å². The van der Waals surface area contributed by atoms with Crippen LogP contribution in [0, 0.1) is 5.95 Å². The van der Waals surface area contributed by atoms with E-state index >= 15 is 0 Å². The summed E-state index contributed by atoms with van der Waals surface area (Å²) in [5.41, 5.74) is 10.7. The Morgan fingerprint density at radius 1 is 1.05 bits per heavy atom. The van der Waals surface area contributed by atoms with Gasteiger partial charge in [-0.1, -0.05) is 23.7 Å². The van der Waals surface area contributed by atoms with Crippen molar-refractivity contribution in [3.63, 3.8) is 0 Å². The Bertz CT molecular complexity index is 1370. The lowest BCUT2D eigenvalue weighted by molar-refractivity contribution is 0.0222. The van der Waals surface area contributed by atoms with Gasteiger partial charge in [0.2, 0.25) is 5.95 Å². The highest BCUT2D eigenvalue weighted by atomic mass is 35.5. The van der Waals surface area contributed by atoms with Crippen molar-refractivity contribution in [2.24, 2.45) is 0 Å². The van der Waals surface area contributed by atoms with Crippen LogP contribution in [0.5, 0.6) is 0 Å². The molecule has 0 radical (unpaired) electrons. The number of carbonyl (C=O) groups excluding carboxylic acids is 1. The van der Waals surface area contributed by atoms with E-state index in [-0.39, 0.29) is 23.0 Å². The minimum absolute atomic E-state index is 0.0948. The minimum atomic E-state index is -0.647. The van der Waals surface area contributed by atoms with Gasteiger partial charge in [0.25, 0.3) is 0 Å². The fraction of sp³-hybridized carbons (Fsp3) is 0.433. The van der Waals surface area contributed by atoms with Crippen molar-refractivity contribution in [2.75, 3.05) is 25.5 Å². The maximum absolute atomic E-state index is 14.0. The Hall–Kier alpha value is -3.23. The van der Waals surface area contributed by atoms with E-state index in [1.54, 1.807) is 6.20 Å². The third-order valence-corrected chi connectivity index (χ3v) is 7.65. The number of pyridine rings is 2. The lowest BCUT2D eigenvalue weighted by atomic mass is 9.83. The molecule has 9 heteroatoms. The van der Waals surface area contributed by atoms with E-state index in [9.17, 15) is 9.18 Å². The average molecular weight is 553 g/mol. The van der Waals surface area contributed by atoms with E-state index in [0.717, 1.165) is 55.6 Å².